The van der Waals surface area contributed by atoms with Gasteiger partial charge >= 0.3 is 0 Å². The minimum atomic E-state index is 0.0627. The van der Waals surface area contributed by atoms with Crippen LogP contribution in [0.1, 0.15) is 6.92 Å². The molecule has 1 unspecified atom stereocenters. The van der Waals surface area contributed by atoms with Gasteiger partial charge in [0.15, 0.2) is 0 Å². The number of carbonyl (C=O) groups excluding carboxylic acids is 1. The maximum atomic E-state index is 12.1. The van der Waals surface area contributed by atoms with Crippen LogP contribution < -0.4 is 10.6 Å². The topological polar surface area (TPSA) is 41.1 Å². The maximum Gasteiger partial charge on any atom is 0.227 e. The third-order valence-corrected chi connectivity index (χ3v) is 3.95. The van der Waals surface area contributed by atoms with Crippen molar-refractivity contribution in [2.75, 3.05) is 18.4 Å². The molecule has 3 heteroatoms. The first-order chi connectivity index (χ1) is 9.24. The van der Waals surface area contributed by atoms with Crippen molar-refractivity contribution in [1.29, 1.82) is 0 Å². The van der Waals surface area contributed by atoms with Crippen LogP contribution in [0.2, 0.25) is 0 Å². The standard InChI is InChI=1S/C16H18N2O/c1-11(14-9-17-10-14)16(19)18-15-7-6-12-4-2-3-5-13(12)8-15/h2-8,11,14,17H,9-10H2,1H3,(H,18,19). The Balaban J connectivity index is 1.75. The fourth-order valence-electron chi connectivity index (χ4n) is 2.40. The molecule has 2 aromatic rings. The second-order valence-corrected chi connectivity index (χ2v) is 5.26. The molecule has 0 aromatic heterocycles. The van der Waals surface area contributed by atoms with Gasteiger partial charge in [-0.15, -0.1) is 0 Å². The van der Waals surface area contributed by atoms with Gasteiger partial charge in [-0.25, -0.2) is 0 Å². The fraction of sp³-hybridized carbons (Fsp3) is 0.312. The van der Waals surface area contributed by atoms with Crippen molar-refractivity contribution >= 4 is 22.4 Å². The Morgan fingerprint density at radius 2 is 1.95 bits per heavy atom. The Morgan fingerprint density at radius 1 is 1.21 bits per heavy atom. The molecular formula is C16H18N2O. The monoisotopic (exact) mass is 254 g/mol. The third-order valence-electron chi connectivity index (χ3n) is 3.95. The number of fused-ring (bicyclic) bond motifs is 1. The lowest BCUT2D eigenvalue weighted by Gasteiger charge is -2.31. The summed E-state index contributed by atoms with van der Waals surface area (Å²) in [7, 11) is 0. The highest BCUT2D eigenvalue weighted by atomic mass is 16.1. The molecule has 1 saturated heterocycles. The summed E-state index contributed by atoms with van der Waals surface area (Å²) < 4.78 is 0. The van der Waals surface area contributed by atoms with E-state index in [0.717, 1.165) is 24.2 Å². The minimum absolute atomic E-state index is 0.0627. The first-order valence-corrected chi connectivity index (χ1v) is 6.74. The van der Waals surface area contributed by atoms with Crippen LogP contribution in [0.4, 0.5) is 5.69 Å². The summed E-state index contributed by atoms with van der Waals surface area (Å²) >= 11 is 0. The van der Waals surface area contributed by atoms with Crippen LogP contribution in [0, 0.1) is 11.8 Å². The van der Waals surface area contributed by atoms with E-state index in [-0.39, 0.29) is 11.8 Å². The minimum Gasteiger partial charge on any atom is -0.326 e. The molecule has 1 atom stereocenters. The molecule has 1 aliphatic heterocycles. The highest BCUT2D eigenvalue weighted by Crippen LogP contribution is 2.21. The Kier molecular flexibility index (Phi) is 3.22. The Morgan fingerprint density at radius 3 is 2.63 bits per heavy atom. The van der Waals surface area contributed by atoms with Gasteiger partial charge in [-0.05, 0) is 41.9 Å². The average Bonchev–Trinajstić information content (AvgIpc) is 2.36. The number of rotatable bonds is 3. The quantitative estimate of drug-likeness (QED) is 0.884. The summed E-state index contributed by atoms with van der Waals surface area (Å²) in [5.74, 6) is 0.648. The van der Waals surface area contributed by atoms with E-state index in [1.54, 1.807) is 0 Å². The molecule has 0 radical (unpaired) electrons. The molecule has 0 bridgehead atoms. The highest BCUT2D eigenvalue weighted by Gasteiger charge is 2.28. The van der Waals surface area contributed by atoms with Crippen molar-refractivity contribution in [3.05, 3.63) is 42.5 Å². The van der Waals surface area contributed by atoms with Crippen molar-refractivity contribution in [2.45, 2.75) is 6.92 Å². The summed E-state index contributed by atoms with van der Waals surface area (Å²) in [5, 5.41) is 8.56. The van der Waals surface area contributed by atoms with Gasteiger partial charge in [0.05, 0.1) is 0 Å². The molecular weight excluding hydrogens is 236 g/mol. The Bertz CT molecular complexity index is 604. The number of hydrogen-bond donors (Lipinski definition) is 2. The van der Waals surface area contributed by atoms with Crippen LogP contribution in [0.5, 0.6) is 0 Å². The lowest BCUT2D eigenvalue weighted by Crippen LogP contribution is -2.48. The molecule has 98 valence electrons. The Hall–Kier alpha value is -1.87. The van der Waals surface area contributed by atoms with E-state index < -0.39 is 0 Å². The molecule has 0 aliphatic carbocycles. The lowest BCUT2D eigenvalue weighted by atomic mass is 9.88. The van der Waals surface area contributed by atoms with Crippen LogP contribution in [0.25, 0.3) is 10.8 Å². The van der Waals surface area contributed by atoms with Crippen molar-refractivity contribution in [1.82, 2.24) is 5.32 Å². The average molecular weight is 254 g/mol. The third kappa shape index (κ3) is 2.47. The molecule has 1 heterocycles. The van der Waals surface area contributed by atoms with Crippen LogP contribution in [0.15, 0.2) is 42.5 Å². The molecule has 3 nitrogen and oxygen atoms in total. The van der Waals surface area contributed by atoms with E-state index in [0.29, 0.717) is 5.92 Å². The number of anilines is 1. The molecule has 0 spiro atoms. The molecule has 1 amide bonds. The maximum absolute atomic E-state index is 12.1. The van der Waals surface area contributed by atoms with E-state index in [9.17, 15) is 4.79 Å². The van der Waals surface area contributed by atoms with Gasteiger partial charge in [-0.3, -0.25) is 4.79 Å². The Labute approximate surface area is 113 Å². The molecule has 3 rings (SSSR count). The zero-order chi connectivity index (χ0) is 13.2. The highest BCUT2D eigenvalue weighted by molar-refractivity contribution is 5.95. The fourth-order valence-corrected chi connectivity index (χ4v) is 2.40. The second kappa shape index (κ2) is 5.02. The van der Waals surface area contributed by atoms with E-state index >= 15 is 0 Å². The molecule has 0 saturated carbocycles. The first kappa shape index (κ1) is 12.2. The van der Waals surface area contributed by atoms with Gasteiger partial charge in [-0.1, -0.05) is 37.3 Å². The predicted molar refractivity (Wildman–Crippen MR) is 78.1 cm³/mol. The second-order valence-electron chi connectivity index (χ2n) is 5.26. The van der Waals surface area contributed by atoms with Crippen molar-refractivity contribution in [2.24, 2.45) is 11.8 Å². The van der Waals surface area contributed by atoms with Crippen molar-refractivity contribution in [3.63, 3.8) is 0 Å². The van der Waals surface area contributed by atoms with Crippen molar-refractivity contribution < 1.29 is 4.79 Å². The first-order valence-electron chi connectivity index (χ1n) is 6.74. The smallest absolute Gasteiger partial charge is 0.227 e. The van der Waals surface area contributed by atoms with Gasteiger partial charge in [0.25, 0.3) is 0 Å². The van der Waals surface area contributed by atoms with E-state index in [1.807, 2.05) is 37.3 Å². The number of hydrogen-bond acceptors (Lipinski definition) is 2. The summed E-state index contributed by atoms with van der Waals surface area (Å²) in [6.07, 6.45) is 0. The summed E-state index contributed by atoms with van der Waals surface area (Å²) in [6.45, 7) is 3.90. The molecule has 1 fully saturated rings. The number of amides is 1. The van der Waals surface area contributed by atoms with Crippen LogP contribution in [-0.4, -0.2) is 19.0 Å². The normalized spacial score (nSPS) is 16.9. The summed E-state index contributed by atoms with van der Waals surface area (Å²) in [5.41, 5.74) is 0.878. The SMILES string of the molecule is CC(C(=O)Nc1ccc2ccccc2c1)C1CNC1. The largest absolute Gasteiger partial charge is 0.326 e. The lowest BCUT2D eigenvalue weighted by molar-refractivity contribution is -0.121. The van der Waals surface area contributed by atoms with Gasteiger partial charge in [0.1, 0.15) is 0 Å². The van der Waals surface area contributed by atoms with E-state index in [1.165, 1.54) is 5.39 Å². The van der Waals surface area contributed by atoms with Crippen LogP contribution in [0.3, 0.4) is 0 Å². The summed E-state index contributed by atoms with van der Waals surface area (Å²) in [4.78, 5) is 12.1. The molecule has 19 heavy (non-hydrogen) atoms. The van der Waals surface area contributed by atoms with Crippen molar-refractivity contribution in [3.8, 4) is 0 Å². The zero-order valence-corrected chi connectivity index (χ0v) is 11.0. The number of carbonyl (C=O) groups is 1. The van der Waals surface area contributed by atoms with Crippen LogP contribution >= 0.6 is 0 Å². The van der Waals surface area contributed by atoms with Gasteiger partial charge < -0.3 is 10.6 Å². The van der Waals surface area contributed by atoms with Gasteiger partial charge in [0.2, 0.25) is 5.91 Å². The molecule has 2 N–H and O–H groups in total. The number of benzene rings is 2. The van der Waals surface area contributed by atoms with Gasteiger partial charge in [0, 0.05) is 11.6 Å². The zero-order valence-electron chi connectivity index (χ0n) is 11.0. The van der Waals surface area contributed by atoms with E-state index in [4.69, 9.17) is 0 Å². The van der Waals surface area contributed by atoms with Crippen LogP contribution in [-0.2, 0) is 4.79 Å². The van der Waals surface area contributed by atoms with E-state index in [2.05, 4.69) is 22.8 Å². The molecule has 2 aromatic carbocycles. The predicted octanol–water partition coefficient (Wildman–Crippen LogP) is 2.63. The molecule has 1 aliphatic rings. The van der Waals surface area contributed by atoms with Gasteiger partial charge in [-0.2, -0.15) is 0 Å². The summed E-state index contributed by atoms with van der Waals surface area (Å²) in [6, 6.07) is 14.2. The number of nitrogens with one attached hydrogen (secondary N) is 2.